The highest BCUT2D eigenvalue weighted by Crippen LogP contribution is 2.35. The third kappa shape index (κ3) is 2.21. The number of ether oxygens (including phenoxy) is 1. The fourth-order valence-electron chi connectivity index (χ4n) is 1.91. The van der Waals surface area contributed by atoms with Crippen molar-refractivity contribution >= 4 is 22.6 Å². The maximum Gasteiger partial charge on any atom is 0.168 e. The van der Waals surface area contributed by atoms with Crippen LogP contribution in [0.5, 0.6) is 5.75 Å². The van der Waals surface area contributed by atoms with Crippen molar-refractivity contribution in [1.29, 1.82) is 0 Å². The average Bonchev–Trinajstić information content (AvgIpc) is 2.91. The summed E-state index contributed by atoms with van der Waals surface area (Å²) in [7, 11) is 1.69. The molecule has 0 radical (unpaired) electrons. The van der Waals surface area contributed by atoms with Crippen molar-refractivity contribution in [2.45, 2.75) is 0 Å². The van der Waals surface area contributed by atoms with E-state index in [4.69, 9.17) is 4.74 Å². The lowest BCUT2D eigenvalue weighted by Crippen LogP contribution is -3.00. The van der Waals surface area contributed by atoms with Crippen LogP contribution < -0.4 is 21.7 Å². The van der Waals surface area contributed by atoms with Gasteiger partial charge in [-0.25, -0.2) is 0 Å². The Morgan fingerprint density at radius 3 is 2.76 bits per heavy atom. The van der Waals surface area contributed by atoms with Crippen molar-refractivity contribution in [3.8, 4) is 5.75 Å². The molecule has 0 fully saturated rings. The molecule has 0 saturated carbocycles. The Kier molecular flexibility index (Phi) is 3.79. The topological polar surface area (TPSA) is 24.8 Å². The molecule has 2 aliphatic heterocycles. The molecule has 0 amide bonds. The van der Waals surface area contributed by atoms with Crippen LogP contribution in [-0.4, -0.2) is 30.3 Å². The highest BCUT2D eigenvalue weighted by Gasteiger charge is 2.26. The number of methoxy groups -OCH3 is 1. The van der Waals surface area contributed by atoms with Crippen LogP contribution in [0.15, 0.2) is 34.7 Å². The molecule has 3 rings (SSSR count). The molecule has 0 unspecified atom stereocenters. The second-order valence-electron chi connectivity index (χ2n) is 3.67. The van der Waals surface area contributed by atoms with Crippen LogP contribution in [0.3, 0.4) is 0 Å². The third-order valence-corrected chi connectivity index (χ3v) is 3.66. The molecule has 0 saturated heterocycles. The highest BCUT2D eigenvalue weighted by atomic mass is 79.9. The largest absolute Gasteiger partial charge is 1.00 e. The van der Waals surface area contributed by atoms with E-state index < -0.39 is 0 Å². The molecule has 17 heavy (non-hydrogen) atoms. The fourth-order valence-corrected chi connectivity index (χ4v) is 2.87. The van der Waals surface area contributed by atoms with Gasteiger partial charge in [0.2, 0.25) is 0 Å². The van der Waals surface area contributed by atoms with E-state index in [0.717, 1.165) is 24.0 Å². The van der Waals surface area contributed by atoms with Crippen LogP contribution in [0.1, 0.15) is 5.56 Å². The van der Waals surface area contributed by atoms with Crippen LogP contribution in [0.4, 0.5) is 0 Å². The number of benzene rings is 1. The van der Waals surface area contributed by atoms with E-state index in [2.05, 4.69) is 27.4 Å². The second kappa shape index (κ2) is 5.14. The molecule has 2 heterocycles. The number of fused-ring (bicyclic) bond motifs is 1. The minimum Gasteiger partial charge on any atom is -1.00 e. The average molecular weight is 312 g/mol. The van der Waals surface area contributed by atoms with Crippen molar-refractivity contribution in [2.24, 2.45) is 4.99 Å². The number of thioether (sulfide) groups is 1. The van der Waals surface area contributed by atoms with E-state index in [0.29, 0.717) is 0 Å². The normalized spacial score (nSPS) is 17.1. The van der Waals surface area contributed by atoms with Gasteiger partial charge in [0.1, 0.15) is 5.75 Å². The van der Waals surface area contributed by atoms with Crippen LogP contribution in [0.2, 0.25) is 0 Å². The van der Waals surface area contributed by atoms with E-state index in [9.17, 15) is 0 Å². The molecule has 5 heteroatoms. The van der Waals surface area contributed by atoms with E-state index in [1.165, 1.54) is 11.3 Å². The van der Waals surface area contributed by atoms with Gasteiger partial charge in [-0.2, -0.15) is 0 Å². The second-order valence-corrected chi connectivity index (χ2v) is 4.50. The van der Waals surface area contributed by atoms with E-state index >= 15 is 0 Å². The summed E-state index contributed by atoms with van der Waals surface area (Å²) in [6.07, 6.45) is 0. The molecule has 0 N–H and O–H groups in total. The number of hydrogen-bond donors (Lipinski definition) is 0. The number of rotatable bonds is 2. The monoisotopic (exact) mass is 311 g/mol. The maximum absolute atomic E-state index is 5.16. The zero-order chi connectivity index (χ0) is 11.0. The van der Waals surface area contributed by atoms with Crippen molar-refractivity contribution < 1.29 is 21.7 Å². The van der Waals surface area contributed by atoms with Crippen LogP contribution in [0, 0.1) is 0 Å². The van der Waals surface area contributed by atoms with Gasteiger partial charge in [0.15, 0.2) is 5.17 Å². The summed E-state index contributed by atoms with van der Waals surface area (Å²) in [4.78, 5) is 6.71. The molecule has 0 aromatic heterocycles. The van der Waals surface area contributed by atoms with Crippen molar-refractivity contribution in [3.05, 3.63) is 35.2 Å². The first kappa shape index (κ1) is 12.5. The lowest BCUT2D eigenvalue weighted by atomic mass is 10.1. The Morgan fingerprint density at radius 1 is 1.29 bits per heavy atom. The summed E-state index contributed by atoms with van der Waals surface area (Å²) in [5.41, 5.74) is 2.48. The van der Waals surface area contributed by atoms with E-state index in [1.807, 2.05) is 12.1 Å². The summed E-state index contributed by atoms with van der Waals surface area (Å²) in [5, 5.41) is 3.30. The first-order chi connectivity index (χ1) is 7.88. The summed E-state index contributed by atoms with van der Waals surface area (Å²) in [6.45, 7) is 1.91. The van der Waals surface area contributed by atoms with Crippen LogP contribution >= 0.6 is 11.8 Å². The molecule has 1 aromatic carbocycles. The Bertz CT molecular complexity index is 470. The summed E-state index contributed by atoms with van der Waals surface area (Å²) < 4.78 is 5.16. The molecule has 90 valence electrons. The van der Waals surface area contributed by atoms with E-state index in [1.54, 1.807) is 18.9 Å². The summed E-state index contributed by atoms with van der Waals surface area (Å²) >= 11 is 1.71. The van der Waals surface area contributed by atoms with Crippen LogP contribution in [-0.2, 0) is 0 Å². The Hall–Kier alpha value is -0.940. The molecule has 0 atom stereocenters. The lowest BCUT2D eigenvalue weighted by Gasteiger charge is -2.16. The van der Waals surface area contributed by atoms with Gasteiger partial charge < -0.3 is 26.6 Å². The summed E-state index contributed by atoms with van der Waals surface area (Å²) in [5.74, 6) is 0.894. The van der Waals surface area contributed by atoms with Crippen molar-refractivity contribution in [2.75, 3.05) is 20.2 Å². The van der Waals surface area contributed by atoms with Gasteiger partial charge in [-0.1, -0.05) is 11.8 Å². The lowest BCUT2D eigenvalue weighted by molar-refractivity contribution is -0.00000344. The molecular formula is C12H12BrN2OS-. The highest BCUT2D eigenvalue weighted by molar-refractivity contribution is 8.16. The maximum atomic E-state index is 5.16. The molecular weight excluding hydrogens is 300 g/mol. The van der Waals surface area contributed by atoms with E-state index in [-0.39, 0.29) is 17.0 Å². The number of amidine groups is 1. The standard InChI is InChI=1S/C12H12N2OS.BrH/c1-15-10-4-2-9(3-5-10)11-8-16-12-13-6-7-14(11)12;/h2-5,8H,6-7H2,1H3;1H/p-1. The summed E-state index contributed by atoms with van der Waals surface area (Å²) in [6, 6.07) is 8.16. The zero-order valence-corrected chi connectivity index (χ0v) is 11.8. The molecule has 0 aliphatic carbocycles. The van der Waals surface area contributed by atoms with Crippen LogP contribution in [0.25, 0.3) is 5.70 Å². The van der Waals surface area contributed by atoms with Crippen molar-refractivity contribution in [1.82, 2.24) is 4.90 Å². The van der Waals surface area contributed by atoms with Gasteiger partial charge >= 0.3 is 0 Å². The Balaban J connectivity index is 0.00000108. The molecule has 1 aromatic rings. The quantitative estimate of drug-likeness (QED) is 0.730. The van der Waals surface area contributed by atoms with Gasteiger partial charge in [0.25, 0.3) is 0 Å². The first-order valence-electron chi connectivity index (χ1n) is 5.22. The molecule has 2 aliphatic rings. The minimum absolute atomic E-state index is 0. The van der Waals surface area contributed by atoms with Gasteiger partial charge in [-0.15, -0.1) is 0 Å². The Morgan fingerprint density at radius 2 is 2.06 bits per heavy atom. The SMILES string of the molecule is COc1ccc(C2=CSC3=NCCN23)cc1.[Br-]. The minimum atomic E-state index is 0. The molecule has 3 nitrogen and oxygen atoms in total. The number of hydrogen-bond acceptors (Lipinski definition) is 4. The number of aliphatic imine (C=N–C) groups is 1. The molecule has 0 spiro atoms. The van der Waals surface area contributed by atoms with Gasteiger partial charge in [-0.3, -0.25) is 4.99 Å². The smallest absolute Gasteiger partial charge is 0.168 e. The van der Waals surface area contributed by atoms with Gasteiger partial charge in [-0.05, 0) is 29.8 Å². The Labute approximate surface area is 115 Å². The predicted molar refractivity (Wildman–Crippen MR) is 67.6 cm³/mol. The van der Waals surface area contributed by atoms with Gasteiger partial charge in [0, 0.05) is 12.0 Å². The predicted octanol–water partition coefficient (Wildman–Crippen LogP) is -0.584. The van der Waals surface area contributed by atoms with Crippen molar-refractivity contribution in [3.63, 3.8) is 0 Å². The van der Waals surface area contributed by atoms with Gasteiger partial charge in [0.05, 0.1) is 19.4 Å². The number of halogens is 1. The fraction of sp³-hybridized carbons (Fsp3) is 0.250. The third-order valence-electron chi connectivity index (χ3n) is 2.75. The zero-order valence-electron chi connectivity index (χ0n) is 9.39. The first-order valence-corrected chi connectivity index (χ1v) is 6.10. The number of nitrogens with zero attached hydrogens (tertiary/aromatic N) is 2. The molecule has 0 bridgehead atoms.